The molecule has 4 aromatic rings. The van der Waals surface area contributed by atoms with Gasteiger partial charge in [0.1, 0.15) is 6.04 Å². The van der Waals surface area contributed by atoms with Crippen LogP contribution >= 0.6 is 0 Å². The van der Waals surface area contributed by atoms with E-state index in [1.54, 1.807) is 0 Å². The monoisotopic (exact) mass is 438 g/mol. The predicted molar refractivity (Wildman–Crippen MR) is 130 cm³/mol. The predicted octanol–water partition coefficient (Wildman–Crippen LogP) is 4.43. The van der Waals surface area contributed by atoms with Crippen LogP contribution in [0.15, 0.2) is 72.8 Å². The summed E-state index contributed by atoms with van der Waals surface area (Å²) in [4.78, 5) is 19.1. The summed E-state index contributed by atoms with van der Waals surface area (Å²) in [5, 5.41) is 13.0. The number of hydrogen-bond acceptors (Lipinski definition) is 5. The van der Waals surface area contributed by atoms with Crippen LogP contribution in [0.25, 0.3) is 11.4 Å². The minimum atomic E-state index is -0.619. The Hall–Kier alpha value is -4.00. The molecule has 33 heavy (non-hydrogen) atoms. The number of amides is 1. The van der Waals surface area contributed by atoms with Crippen molar-refractivity contribution in [2.75, 3.05) is 23.9 Å². The van der Waals surface area contributed by atoms with Gasteiger partial charge in [0.15, 0.2) is 0 Å². The Morgan fingerprint density at radius 1 is 0.879 bits per heavy atom. The summed E-state index contributed by atoms with van der Waals surface area (Å²) in [7, 11) is 3.99. The molecule has 7 nitrogen and oxygen atoms in total. The third-order valence-corrected chi connectivity index (χ3v) is 6.12. The van der Waals surface area contributed by atoms with E-state index >= 15 is 0 Å². The number of fused-ring (bicyclic) bond motifs is 2. The highest BCUT2D eigenvalue weighted by molar-refractivity contribution is 6.04. The van der Waals surface area contributed by atoms with E-state index in [4.69, 9.17) is 0 Å². The Bertz CT molecular complexity index is 1250. The number of hydrogen-bond donors (Lipinski definition) is 0. The van der Waals surface area contributed by atoms with Gasteiger partial charge in [-0.05, 0) is 72.5 Å². The molecular formula is C26H26N6O. The van der Waals surface area contributed by atoms with Crippen molar-refractivity contribution >= 4 is 23.0 Å². The van der Waals surface area contributed by atoms with Crippen molar-refractivity contribution in [2.45, 2.75) is 25.8 Å². The van der Waals surface area contributed by atoms with Crippen molar-refractivity contribution < 1.29 is 4.79 Å². The van der Waals surface area contributed by atoms with Crippen molar-refractivity contribution in [2.24, 2.45) is 0 Å². The third kappa shape index (κ3) is 3.86. The van der Waals surface area contributed by atoms with Gasteiger partial charge in [0.2, 0.25) is 5.82 Å². The van der Waals surface area contributed by atoms with Crippen LogP contribution in [0.4, 0.5) is 17.1 Å². The van der Waals surface area contributed by atoms with Gasteiger partial charge in [-0.25, -0.2) is 0 Å². The summed E-state index contributed by atoms with van der Waals surface area (Å²) < 4.78 is 0. The first-order chi connectivity index (χ1) is 16.0. The fourth-order valence-electron chi connectivity index (χ4n) is 4.22. The number of para-hydroxylation sites is 2. The number of aryl methyl sites for hydroxylation is 2. The topological polar surface area (TPSA) is 67.2 Å². The molecule has 7 heteroatoms. The standard InChI is InChI=1S/C26H26N6O/c1-18(32-28-25(27-29-32)21-14-16-22(17-15-21)30(2)3)26(33)31-23-10-6-4-8-19(23)12-13-20-9-5-7-11-24(20)31/h4-11,14-18H,12-13H2,1-3H3/t18-/m0/s1. The van der Waals surface area contributed by atoms with Crippen LogP contribution in [-0.4, -0.2) is 40.2 Å². The summed E-state index contributed by atoms with van der Waals surface area (Å²) in [5.41, 5.74) is 6.09. The molecule has 0 saturated heterocycles. The van der Waals surface area contributed by atoms with Crippen LogP contribution in [0.2, 0.25) is 0 Å². The molecule has 1 aromatic heterocycles. The van der Waals surface area contributed by atoms with E-state index in [1.807, 2.05) is 91.5 Å². The second kappa shape index (κ2) is 8.50. The quantitative estimate of drug-likeness (QED) is 0.472. The fraction of sp³-hybridized carbons (Fsp3) is 0.231. The van der Waals surface area contributed by atoms with Gasteiger partial charge in [0, 0.05) is 25.3 Å². The van der Waals surface area contributed by atoms with Gasteiger partial charge < -0.3 is 4.90 Å². The molecular weight excluding hydrogens is 412 g/mol. The number of aromatic nitrogens is 4. The van der Waals surface area contributed by atoms with Gasteiger partial charge in [-0.1, -0.05) is 36.4 Å². The summed E-state index contributed by atoms with van der Waals surface area (Å²) in [6, 6.07) is 23.5. The van der Waals surface area contributed by atoms with Crippen LogP contribution in [-0.2, 0) is 17.6 Å². The van der Waals surface area contributed by atoms with Gasteiger partial charge in [-0.15, -0.1) is 10.2 Å². The maximum absolute atomic E-state index is 13.8. The SMILES string of the molecule is C[C@@H](C(=O)N1c2ccccc2CCc2ccccc21)n1nnc(-c2ccc(N(C)C)cc2)n1. The molecule has 1 aliphatic heterocycles. The van der Waals surface area contributed by atoms with Crippen LogP contribution in [0.1, 0.15) is 24.1 Å². The van der Waals surface area contributed by atoms with Crippen molar-refractivity contribution in [1.29, 1.82) is 0 Å². The first-order valence-corrected chi connectivity index (χ1v) is 11.1. The molecule has 0 unspecified atom stereocenters. The van der Waals surface area contributed by atoms with Crippen LogP contribution in [0.3, 0.4) is 0 Å². The maximum atomic E-state index is 13.8. The lowest BCUT2D eigenvalue weighted by Gasteiger charge is -2.27. The zero-order chi connectivity index (χ0) is 22.9. The fourth-order valence-corrected chi connectivity index (χ4v) is 4.22. The van der Waals surface area contributed by atoms with E-state index in [-0.39, 0.29) is 5.91 Å². The second-order valence-corrected chi connectivity index (χ2v) is 8.48. The first kappa shape index (κ1) is 20.9. The van der Waals surface area contributed by atoms with Crippen LogP contribution < -0.4 is 9.80 Å². The molecule has 3 aromatic carbocycles. The lowest BCUT2D eigenvalue weighted by molar-refractivity contribution is -0.121. The molecule has 0 radical (unpaired) electrons. The van der Waals surface area contributed by atoms with Crippen LogP contribution in [0, 0.1) is 0 Å². The molecule has 0 saturated carbocycles. The highest BCUT2D eigenvalue weighted by Crippen LogP contribution is 2.37. The number of carbonyl (C=O) groups excluding carboxylic acids is 1. The van der Waals surface area contributed by atoms with Gasteiger partial charge >= 0.3 is 0 Å². The van der Waals surface area contributed by atoms with E-state index in [0.29, 0.717) is 5.82 Å². The van der Waals surface area contributed by atoms with Crippen molar-refractivity contribution in [3.8, 4) is 11.4 Å². The van der Waals surface area contributed by atoms with Gasteiger partial charge in [-0.2, -0.15) is 4.80 Å². The Labute approximate surface area is 193 Å². The summed E-state index contributed by atoms with van der Waals surface area (Å²) in [6.07, 6.45) is 1.78. The van der Waals surface area contributed by atoms with E-state index in [2.05, 4.69) is 27.5 Å². The molecule has 2 heterocycles. The summed E-state index contributed by atoms with van der Waals surface area (Å²) in [5.74, 6) is 0.403. The number of benzene rings is 3. The maximum Gasteiger partial charge on any atom is 0.258 e. The lowest BCUT2D eigenvalue weighted by atomic mass is 10.0. The number of tetrazole rings is 1. The van der Waals surface area contributed by atoms with E-state index in [9.17, 15) is 4.79 Å². The Morgan fingerprint density at radius 3 is 2.03 bits per heavy atom. The summed E-state index contributed by atoms with van der Waals surface area (Å²) >= 11 is 0. The normalized spacial score (nSPS) is 13.6. The zero-order valence-corrected chi connectivity index (χ0v) is 19.0. The Morgan fingerprint density at radius 2 is 1.45 bits per heavy atom. The first-order valence-electron chi connectivity index (χ1n) is 11.1. The van der Waals surface area contributed by atoms with E-state index in [0.717, 1.165) is 46.6 Å². The molecule has 0 fully saturated rings. The number of nitrogens with zero attached hydrogens (tertiary/aromatic N) is 6. The smallest absolute Gasteiger partial charge is 0.258 e. The highest BCUT2D eigenvalue weighted by atomic mass is 16.2. The van der Waals surface area contributed by atoms with E-state index in [1.165, 1.54) is 4.80 Å². The number of carbonyl (C=O) groups is 1. The number of rotatable bonds is 4. The Balaban J connectivity index is 1.48. The molecule has 0 spiro atoms. The zero-order valence-electron chi connectivity index (χ0n) is 19.0. The average Bonchev–Trinajstić information content (AvgIpc) is 3.27. The molecule has 5 rings (SSSR count). The molecule has 1 aliphatic rings. The average molecular weight is 439 g/mol. The van der Waals surface area contributed by atoms with Gasteiger partial charge in [-0.3, -0.25) is 9.69 Å². The molecule has 0 aliphatic carbocycles. The van der Waals surface area contributed by atoms with Crippen molar-refractivity contribution in [3.63, 3.8) is 0 Å². The van der Waals surface area contributed by atoms with Gasteiger partial charge in [0.05, 0.1) is 11.4 Å². The third-order valence-electron chi connectivity index (χ3n) is 6.12. The molecule has 1 amide bonds. The molecule has 0 N–H and O–H groups in total. The number of anilines is 3. The minimum absolute atomic E-state index is 0.0938. The second-order valence-electron chi connectivity index (χ2n) is 8.48. The lowest BCUT2D eigenvalue weighted by Crippen LogP contribution is -2.34. The van der Waals surface area contributed by atoms with Crippen LogP contribution in [0.5, 0.6) is 0 Å². The highest BCUT2D eigenvalue weighted by Gasteiger charge is 2.31. The molecule has 1 atom stereocenters. The van der Waals surface area contributed by atoms with Crippen molar-refractivity contribution in [1.82, 2.24) is 20.2 Å². The van der Waals surface area contributed by atoms with Gasteiger partial charge in [0.25, 0.3) is 5.91 Å². The molecule has 0 bridgehead atoms. The largest absolute Gasteiger partial charge is 0.378 e. The van der Waals surface area contributed by atoms with E-state index < -0.39 is 6.04 Å². The minimum Gasteiger partial charge on any atom is -0.378 e. The summed E-state index contributed by atoms with van der Waals surface area (Å²) in [6.45, 7) is 1.82. The van der Waals surface area contributed by atoms with Crippen molar-refractivity contribution in [3.05, 3.63) is 83.9 Å². The molecule has 166 valence electrons. The Kier molecular flexibility index (Phi) is 5.38.